The Morgan fingerprint density at radius 2 is 1.59 bits per heavy atom. The lowest BCUT2D eigenvalue weighted by atomic mass is 9.93. The molecule has 2 atom stereocenters. The van der Waals surface area contributed by atoms with Crippen molar-refractivity contribution in [2.24, 2.45) is 0 Å². The van der Waals surface area contributed by atoms with E-state index in [1.165, 1.54) is 0 Å². The molecular weight excluding hydrogens is 496 g/mol. The average Bonchev–Trinajstić information content (AvgIpc) is 3.56. The smallest absolute Gasteiger partial charge is 0.324 e. The summed E-state index contributed by atoms with van der Waals surface area (Å²) in [6.07, 6.45) is 0.381. The topological polar surface area (TPSA) is 98.1 Å². The van der Waals surface area contributed by atoms with Gasteiger partial charge >= 0.3 is 6.03 Å². The van der Waals surface area contributed by atoms with Crippen LogP contribution >= 0.6 is 0 Å². The lowest BCUT2D eigenvalue weighted by Crippen LogP contribution is -2.36. The van der Waals surface area contributed by atoms with Crippen molar-refractivity contribution in [1.82, 2.24) is 10.1 Å². The molecule has 39 heavy (non-hydrogen) atoms. The van der Waals surface area contributed by atoms with Crippen molar-refractivity contribution < 1.29 is 23.5 Å². The molecule has 9 heteroatoms. The monoisotopic (exact) mass is 530 g/mol. The van der Waals surface area contributed by atoms with Crippen molar-refractivity contribution in [3.8, 4) is 17.6 Å². The molecule has 0 saturated carbocycles. The van der Waals surface area contributed by atoms with Crippen LogP contribution in [0.3, 0.4) is 0 Å². The molecule has 3 aromatic rings. The van der Waals surface area contributed by atoms with Crippen molar-refractivity contribution >= 4 is 17.5 Å². The number of amides is 2. The molecule has 2 amide bonds. The maximum Gasteiger partial charge on any atom is 0.324 e. The van der Waals surface area contributed by atoms with Crippen LogP contribution in [0, 0.1) is 11.8 Å². The molecular formula is C30H34N4O5. The third-order valence-electron chi connectivity index (χ3n) is 6.55. The third kappa shape index (κ3) is 7.39. The number of aromatic nitrogens is 1. The van der Waals surface area contributed by atoms with Gasteiger partial charge < -0.3 is 24.1 Å². The van der Waals surface area contributed by atoms with Crippen LogP contribution in [0.25, 0.3) is 0 Å². The largest absolute Gasteiger partial charge is 0.492 e. The number of nitrogens with zero attached hydrogens (tertiary/aromatic N) is 2. The average molecular weight is 531 g/mol. The number of rotatable bonds is 6. The van der Waals surface area contributed by atoms with Gasteiger partial charge in [0, 0.05) is 47.9 Å². The molecule has 1 aromatic heterocycles. The van der Waals surface area contributed by atoms with Gasteiger partial charge in [-0.3, -0.25) is 10.2 Å². The maximum atomic E-state index is 12.3. The Bertz CT molecular complexity index is 1300. The Balaban J connectivity index is 1.06. The van der Waals surface area contributed by atoms with E-state index in [1.54, 1.807) is 18.2 Å². The van der Waals surface area contributed by atoms with Gasteiger partial charge in [0.05, 0.1) is 25.4 Å². The summed E-state index contributed by atoms with van der Waals surface area (Å²) in [5.74, 6) is 8.20. The highest BCUT2D eigenvalue weighted by molar-refractivity contribution is 5.99. The zero-order chi connectivity index (χ0) is 27.2. The predicted molar refractivity (Wildman–Crippen MR) is 148 cm³/mol. The van der Waals surface area contributed by atoms with Gasteiger partial charge in [-0.2, -0.15) is 0 Å². The summed E-state index contributed by atoms with van der Waals surface area (Å²) < 4.78 is 22.8. The number of benzene rings is 2. The van der Waals surface area contributed by atoms with Crippen LogP contribution in [0.5, 0.6) is 5.75 Å². The van der Waals surface area contributed by atoms with E-state index >= 15 is 0 Å². The van der Waals surface area contributed by atoms with Gasteiger partial charge in [0.2, 0.25) is 0 Å². The molecule has 2 fully saturated rings. The minimum absolute atomic E-state index is 0.185. The van der Waals surface area contributed by atoms with Gasteiger partial charge in [0.1, 0.15) is 18.1 Å². The molecule has 2 N–H and O–H groups in total. The van der Waals surface area contributed by atoms with Crippen LogP contribution in [0.1, 0.15) is 37.7 Å². The minimum Gasteiger partial charge on any atom is -0.492 e. The Labute approximate surface area is 228 Å². The number of nitrogens with one attached hydrogen (secondary N) is 2. The van der Waals surface area contributed by atoms with Crippen LogP contribution in [0.15, 0.2) is 59.1 Å². The normalized spacial score (nSPS) is 19.1. The summed E-state index contributed by atoms with van der Waals surface area (Å²) in [6.45, 7) is 10.7. The fourth-order valence-electron chi connectivity index (χ4n) is 4.39. The first-order valence-corrected chi connectivity index (χ1v) is 13.2. The van der Waals surface area contributed by atoms with E-state index in [4.69, 9.17) is 18.7 Å². The molecule has 2 aromatic carbocycles. The van der Waals surface area contributed by atoms with Crippen LogP contribution in [0.2, 0.25) is 0 Å². The summed E-state index contributed by atoms with van der Waals surface area (Å²) in [4.78, 5) is 14.6. The van der Waals surface area contributed by atoms with Crippen LogP contribution in [-0.4, -0.2) is 67.8 Å². The molecule has 204 valence electrons. The van der Waals surface area contributed by atoms with E-state index in [2.05, 4.69) is 32.5 Å². The number of hydrogen-bond acceptors (Lipinski definition) is 7. The molecule has 3 heterocycles. The third-order valence-corrected chi connectivity index (χ3v) is 6.55. The Morgan fingerprint density at radius 3 is 2.18 bits per heavy atom. The van der Waals surface area contributed by atoms with E-state index in [-0.39, 0.29) is 17.6 Å². The first-order chi connectivity index (χ1) is 18.8. The highest BCUT2D eigenvalue weighted by atomic mass is 16.6. The molecule has 9 nitrogen and oxygen atoms in total. The molecule has 0 unspecified atom stereocenters. The van der Waals surface area contributed by atoms with Gasteiger partial charge in [-0.1, -0.05) is 37.8 Å². The van der Waals surface area contributed by atoms with Gasteiger partial charge in [0.25, 0.3) is 0 Å². The molecule has 2 aliphatic rings. The maximum absolute atomic E-state index is 12.3. The van der Waals surface area contributed by atoms with Crippen molar-refractivity contribution in [2.45, 2.75) is 38.4 Å². The first-order valence-electron chi connectivity index (χ1n) is 13.2. The summed E-state index contributed by atoms with van der Waals surface area (Å²) >= 11 is 0. The Morgan fingerprint density at radius 1 is 0.974 bits per heavy atom. The number of likely N-dealkylation sites (tertiary alicyclic amines) is 1. The van der Waals surface area contributed by atoms with Crippen molar-refractivity contribution in [3.63, 3.8) is 0 Å². The van der Waals surface area contributed by atoms with Gasteiger partial charge in [-0.25, -0.2) is 4.79 Å². The number of urea groups is 1. The van der Waals surface area contributed by atoms with E-state index < -0.39 is 6.03 Å². The van der Waals surface area contributed by atoms with E-state index in [0.29, 0.717) is 37.1 Å². The van der Waals surface area contributed by atoms with Crippen LogP contribution < -0.4 is 15.4 Å². The molecule has 0 radical (unpaired) electrons. The highest BCUT2D eigenvalue weighted by Crippen LogP contribution is 2.24. The number of hydrogen-bond donors (Lipinski definition) is 2. The lowest BCUT2D eigenvalue weighted by Gasteiger charge is -2.24. The SMILES string of the molecule is CC(C)(C)c1cc(NC(=O)Nc2ccc(C#Cc3ccc(OCCN4C[C@@H]5OCCO[C@@H]5C4)cc3)cc2)no1. The van der Waals surface area contributed by atoms with Crippen LogP contribution in [-0.2, 0) is 14.9 Å². The second kappa shape index (κ2) is 11.9. The number of carbonyl (C=O) groups is 1. The quantitative estimate of drug-likeness (QED) is 0.453. The molecule has 0 aliphatic carbocycles. The number of anilines is 2. The van der Waals surface area contributed by atoms with Crippen LogP contribution in [0.4, 0.5) is 16.3 Å². The van der Waals surface area contributed by atoms with Crippen molar-refractivity contribution in [1.29, 1.82) is 0 Å². The van der Waals surface area contributed by atoms with E-state index in [9.17, 15) is 4.79 Å². The first kappa shape index (κ1) is 26.8. The number of fused-ring (bicyclic) bond motifs is 1. The number of ether oxygens (including phenoxy) is 3. The van der Waals surface area contributed by atoms with Crippen molar-refractivity contribution in [3.05, 3.63) is 71.5 Å². The Kier molecular flexibility index (Phi) is 8.17. The minimum atomic E-state index is -0.397. The molecule has 0 spiro atoms. The highest BCUT2D eigenvalue weighted by Gasteiger charge is 2.36. The Hall–Kier alpha value is -3.84. The van der Waals surface area contributed by atoms with Gasteiger partial charge in [-0.05, 0) is 48.5 Å². The van der Waals surface area contributed by atoms with Gasteiger partial charge in [0.15, 0.2) is 5.82 Å². The number of carbonyl (C=O) groups excluding carboxylic acids is 1. The fourth-order valence-corrected chi connectivity index (χ4v) is 4.39. The summed E-state index contributed by atoms with van der Waals surface area (Å²) in [6, 6.07) is 16.4. The van der Waals surface area contributed by atoms with Gasteiger partial charge in [-0.15, -0.1) is 0 Å². The second-order valence-electron chi connectivity index (χ2n) is 10.7. The second-order valence-corrected chi connectivity index (χ2v) is 10.7. The van der Waals surface area contributed by atoms with Crippen molar-refractivity contribution in [2.75, 3.05) is 50.1 Å². The van der Waals surface area contributed by atoms with E-state index in [1.807, 2.05) is 57.2 Å². The van der Waals surface area contributed by atoms with E-state index in [0.717, 1.165) is 36.5 Å². The standard InChI is InChI=1S/C30H34N4O5/c1-30(2,3)27-18-28(33-39-27)32-29(35)31-23-10-6-21(7-11-23)4-5-22-8-12-24(13-9-22)36-15-14-34-19-25-26(20-34)38-17-16-37-25/h6-13,18,25-26H,14-17,19-20H2,1-3H3,(H2,31,32,33,35)/t25-,26+. The predicted octanol–water partition coefficient (Wildman–Crippen LogP) is 4.49. The fraction of sp³-hybridized carbons (Fsp3) is 0.400. The summed E-state index contributed by atoms with van der Waals surface area (Å²) in [5, 5.41) is 9.36. The molecule has 2 aliphatic heterocycles. The molecule has 5 rings (SSSR count). The molecule has 2 saturated heterocycles. The summed E-state index contributed by atoms with van der Waals surface area (Å²) in [7, 11) is 0. The summed E-state index contributed by atoms with van der Waals surface area (Å²) in [5.41, 5.74) is 2.19. The molecule has 0 bridgehead atoms. The zero-order valence-electron chi connectivity index (χ0n) is 22.5. The lowest BCUT2D eigenvalue weighted by molar-refractivity contribution is -0.116. The zero-order valence-corrected chi connectivity index (χ0v) is 22.5.